The zero-order valence-electron chi connectivity index (χ0n) is 13.4. The number of amides is 2. The normalized spacial score (nSPS) is 11.8. The van der Waals surface area contributed by atoms with Gasteiger partial charge in [0.2, 0.25) is 0 Å². The topological polar surface area (TPSA) is 93.5 Å². The van der Waals surface area contributed by atoms with E-state index in [1.807, 2.05) is 27.7 Å². The number of anilines is 1. The molecule has 1 aromatic carbocycles. The SMILES string of the molecule is COc1ccc([N+](=O)[O-])cc1NC(=O)N/C=C(\C)C(C)(C)C. The number of carbonyl (C=O) groups excluding carboxylic acids is 1. The van der Waals surface area contributed by atoms with Crippen LogP contribution in [-0.4, -0.2) is 18.1 Å². The standard InChI is InChI=1S/C15H21N3O4/c1-10(15(2,3)4)9-16-14(19)17-12-8-11(18(20)21)6-7-13(12)22-5/h6-9H,1-5H3,(H2,16,17,19)/b10-9+. The van der Waals surface area contributed by atoms with Crippen LogP contribution in [0.4, 0.5) is 16.2 Å². The highest BCUT2D eigenvalue weighted by atomic mass is 16.6. The van der Waals surface area contributed by atoms with E-state index in [2.05, 4.69) is 10.6 Å². The van der Waals surface area contributed by atoms with Crippen LogP contribution in [0.3, 0.4) is 0 Å². The van der Waals surface area contributed by atoms with Crippen LogP contribution in [0.2, 0.25) is 0 Å². The van der Waals surface area contributed by atoms with Crippen LogP contribution >= 0.6 is 0 Å². The predicted octanol–water partition coefficient (Wildman–Crippen LogP) is 3.67. The molecule has 0 bridgehead atoms. The van der Waals surface area contributed by atoms with Gasteiger partial charge >= 0.3 is 6.03 Å². The predicted molar refractivity (Wildman–Crippen MR) is 85.0 cm³/mol. The highest BCUT2D eigenvalue weighted by molar-refractivity contribution is 5.92. The first-order valence-corrected chi connectivity index (χ1v) is 6.72. The molecule has 22 heavy (non-hydrogen) atoms. The quantitative estimate of drug-likeness (QED) is 0.655. The number of non-ortho nitro benzene ring substituents is 1. The second-order valence-electron chi connectivity index (χ2n) is 5.82. The summed E-state index contributed by atoms with van der Waals surface area (Å²) in [4.78, 5) is 22.2. The molecule has 0 atom stereocenters. The number of hydrogen-bond donors (Lipinski definition) is 2. The Balaban J connectivity index is 2.88. The summed E-state index contributed by atoms with van der Waals surface area (Å²) in [7, 11) is 1.42. The monoisotopic (exact) mass is 307 g/mol. The van der Waals surface area contributed by atoms with Gasteiger partial charge in [-0.25, -0.2) is 4.79 Å². The van der Waals surface area contributed by atoms with E-state index in [1.165, 1.54) is 25.3 Å². The molecular weight excluding hydrogens is 286 g/mol. The van der Waals surface area contributed by atoms with Gasteiger partial charge in [-0.2, -0.15) is 0 Å². The number of nitro benzene ring substituents is 1. The fourth-order valence-electron chi connectivity index (χ4n) is 1.46. The van der Waals surface area contributed by atoms with E-state index in [0.29, 0.717) is 5.75 Å². The molecule has 0 saturated heterocycles. The van der Waals surface area contributed by atoms with Crippen molar-refractivity contribution in [1.29, 1.82) is 0 Å². The van der Waals surface area contributed by atoms with Crippen molar-refractivity contribution >= 4 is 17.4 Å². The Kier molecular flexibility index (Phi) is 5.50. The third-order valence-electron chi connectivity index (χ3n) is 3.24. The first-order chi connectivity index (χ1) is 10.1. The fourth-order valence-corrected chi connectivity index (χ4v) is 1.46. The molecule has 2 N–H and O–H groups in total. The van der Waals surface area contributed by atoms with Gasteiger partial charge in [-0.05, 0) is 18.4 Å². The smallest absolute Gasteiger partial charge is 0.323 e. The highest BCUT2D eigenvalue weighted by Gasteiger charge is 2.15. The summed E-state index contributed by atoms with van der Waals surface area (Å²) < 4.78 is 5.08. The van der Waals surface area contributed by atoms with Gasteiger partial charge in [-0.3, -0.25) is 10.1 Å². The lowest BCUT2D eigenvalue weighted by Gasteiger charge is -2.19. The number of nitrogens with zero attached hydrogens (tertiary/aromatic N) is 1. The maximum Gasteiger partial charge on any atom is 0.323 e. The maximum atomic E-state index is 11.9. The summed E-state index contributed by atoms with van der Waals surface area (Å²) in [5, 5.41) is 15.9. The molecule has 0 saturated carbocycles. The Morgan fingerprint density at radius 3 is 2.50 bits per heavy atom. The van der Waals surface area contributed by atoms with Crippen LogP contribution in [-0.2, 0) is 0 Å². The Morgan fingerprint density at radius 2 is 2.00 bits per heavy atom. The minimum Gasteiger partial charge on any atom is -0.495 e. The minimum atomic E-state index is -0.536. The summed E-state index contributed by atoms with van der Waals surface area (Å²) in [5.41, 5.74) is 1.04. The summed E-state index contributed by atoms with van der Waals surface area (Å²) >= 11 is 0. The van der Waals surface area contributed by atoms with E-state index >= 15 is 0 Å². The van der Waals surface area contributed by atoms with Crippen LogP contribution in [0.5, 0.6) is 5.75 Å². The molecule has 0 radical (unpaired) electrons. The van der Waals surface area contributed by atoms with Crippen molar-refractivity contribution in [3.05, 3.63) is 40.1 Å². The molecular formula is C15H21N3O4. The zero-order valence-corrected chi connectivity index (χ0v) is 13.4. The minimum absolute atomic E-state index is 0.0590. The van der Waals surface area contributed by atoms with Crippen LogP contribution in [0.1, 0.15) is 27.7 Å². The number of urea groups is 1. The molecule has 0 aromatic heterocycles. The van der Waals surface area contributed by atoms with Crippen LogP contribution in [0.15, 0.2) is 30.0 Å². The van der Waals surface area contributed by atoms with Crippen LogP contribution in [0.25, 0.3) is 0 Å². The van der Waals surface area contributed by atoms with Gasteiger partial charge in [0.05, 0.1) is 17.7 Å². The third-order valence-corrected chi connectivity index (χ3v) is 3.24. The van der Waals surface area contributed by atoms with Gasteiger partial charge in [0.25, 0.3) is 5.69 Å². The lowest BCUT2D eigenvalue weighted by Crippen LogP contribution is -2.25. The Labute approximate surface area is 129 Å². The molecule has 0 fully saturated rings. The molecule has 0 spiro atoms. The number of allylic oxidation sites excluding steroid dienone is 1. The molecule has 120 valence electrons. The van der Waals surface area contributed by atoms with Crippen molar-refractivity contribution in [2.45, 2.75) is 27.7 Å². The number of benzene rings is 1. The first kappa shape index (κ1) is 17.5. The number of nitro groups is 1. The molecule has 0 aliphatic carbocycles. The number of carbonyl (C=O) groups is 1. The number of rotatable bonds is 4. The lowest BCUT2D eigenvalue weighted by atomic mass is 9.88. The average Bonchev–Trinajstić information content (AvgIpc) is 2.43. The van der Waals surface area contributed by atoms with Crippen molar-refractivity contribution in [3.63, 3.8) is 0 Å². The number of nitrogens with one attached hydrogen (secondary N) is 2. The highest BCUT2D eigenvalue weighted by Crippen LogP contribution is 2.28. The molecule has 1 rings (SSSR count). The van der Waals surface area contributed by atoms with Crippen molar-refractivity contribution in [1.82, 2.24) is 5.32 Å². The van der Waals surface area contributed by atoms with Crippen LogP contribution in [0, 0.1) is 15.5 Å². The Hall–Kier alpha value is -2.57. The lowest BCUT2D eigenvalue weighted by molar-refractivity contribution is -0.384. The maximum absolute atomic E-state index is 11.9. The summed E-state index contributed by atoms with van der Waals surface area (Å²) in [6.45, 7) is 8.00. The molecule has 7 heteroatoms. The van der Waals surface area contributed by atoms with E-state index in [-0.39, 0.29) is 16.8 Å². The number of hydrogen-bond acceptors (Lipinski definition) is 4. The van der Waals surface area contributed by atoms with E-state index in [1.54, 1.807) is 6.20 Å². The average molecular weight is 307 g/mol. The van der Waals surface area contributed by atoms with E-state index in [9.17, 15) is 14.9 Å². The molecule has 0 aliphatic rings. The van der Waals surface area contributed by atoms with Gasteiger partial charge < -0.3 is 15.4 Å². The van der Waals surface area contributed by atoms with Gasteiger partial charge in [-0.1, -0.05) is 26.3 Å². The number of methoxy groups -OCH3 is 1. The molecule has 0 heterocycles. The van der Waals surface area contributed by atoms with E-state index in [0.717, 1.165) is 5.57 Å². The molecule has 7 nitrogen and oxygen atoms in total. The van der Waals surface area contributed by atoms with Gasteiger partial charge in [0, 0.05) is 18.3 Å². The van der Waals surface area contributed by atoms with Gasteiger partial charge in [-0.15, -0.1) is 0 Å². The van der Waals surface area contributed by atoms with Crippen molar-refractivity contribution in [2.24, 2.45) is 5.41 Å². The first-order valence-electron chi connectivity index (χ1n) is 6.72. The Morgan fingerprint density at radius 1 is 1.36 bits per heavy atom. The van der Waals surface area contributed by atoms with Gasteiger partial charge in [0.1, 0.15) is 5.75 Å². The molecule has 0 aliphatic heterocycles. The van der Waals surface area contributed by atoms with Crippen molar-refractivity contribution in [2.75, 3.05) is 12.4 Å². The van der Waals surface area contributed by atoms with Crippen molar-refractivity contribution in [3.8, 4) is 5.75 Å². The van der Waals surface area contributed by atoms with E-state index in [4.69, 9.17) is 4.74 Å². The second-order valence-corrected chi connectivity index (χ2v) is 5.82. The summed E-state index contributed by atoms with van der Waals surface area (Å²) in [6, 6.07) is 3.50. The summed E-state index contributed by atoms with van der Waals surface area (Å²) in [6.07, 6.45) is 1.61. The Bertz CT molecular complexity index is 603. The van der Waals surface area contributed by atoms with Gasteiger partial charge in [0.15, 0.2) is 0 Å². The molecule has 2 amide bonds. The molecule has 1 aromatic rings. The third kappa shape index (κ3) is 4.76. The molecule has 0 unspecified atom stereocenters. The van der Waals surface area contributed by atoms with Crippen LogP contribution < -0.4 is 15.4 Å². The fraction of sp³-hybridized carbons (Fsp3) is 0.400. The second kappa shape index (κ2) is 6.93. The number of ether oxygens (including phenoxy) is 1. The van der Waals surface area contributed by atoms with Crippen molar-refractivity contribution < 1.29 is 14.5 Å². The zero-order chi connectivity index (χ0) is 16.9. The summed E-state index contributed by atoms with van der Waals surface area (Å²) in [5.74, 6) is 0.345. The van der Waals surface area contributed by atoms with E-state index < -0.39 is 11.0 Å². The largest absolute Gasteiger partial charge is 0.495 e.